The summed E-state index contributed by atoms with van der Waals surface area (Å²) in [5.74, 6) is -6.10. The van der Waals surface area contributed by atoms with Gasteiger partial charge >= 0.3 is 0 Å². The molecule has 1 amide bonds. The van der Waals surface area contributed by atoms with Gasteiger partial charge in [-0.25, -0.2) is 4.98 Å². The normalized spacial score (nSPS) is 25.7. The fraction of sp³-hybridized carbons (Fsp3) is 0.267. The molecule has 0 unspecified atom stereocenters. The molecule has 4 atom stereocenters. The summed E-state index contributed by atoms with van der Waals surface area (Å²) < 4.78 is 1.85. The number of pyridine rings is 1. The minimum atomic E-state index is -2.67. The number of amides is 1. The van der Waals surface area contributed by atoms with Crippen molar-refractivity contribution >= 4 is 17.5 Å². The van der Waals surface area contributed by atoms with Crippen LogP contribution in [0.5, 0.6) is 5.75 Å². The number of phenols is 1. The molecule has 11 nitrogen and oxygen atoms in total. The Morgan fingerprint density at radius 3 is 2.41 bits per heavy atom. The number of fused-ring (bicyclic) bond motifs is 3. The standard InChI is InChI=1S/C30H28N4O7/c1-33(2)24-18-12-15-11-17-16(14-5-8-20(32-13-14)34-9-3-4-10-34)6-7-19(35)22(17)25(36)21(15)27(38)30(18,41)28(39)23(26(24)37)29(31)40/h3-10,13,15,18,24,35,37-38,41H,11-12H2,1-2H3,(H2,31,40)/t15-,18-,24-,30-/m0/s1. The summed E-state index contributed by atoms with van der Waals surface area (Å²) in [5, 5.41) is 44.8. The molecule has 0 saturated heterocycles. The van der Waals surface area contributed by atoms with E-state index >= 15 is 0 Å². The topological polar surface area (TPSA) is 179 Å². The zero-order valence-electron chi connectivity index (χ0n) is 22.3. The lowest BCUT2D eigenvalue weighted by Crippen LogP contribution is -2.63. The van der Waals surface area contributed by atoms with Crippen molar-refractivity contribution in [2.24, 2.45) is 17.6 Å². The van der Waals surface area contributed by atoms with Gasteiger partial charge in [-0.1, -0.05) is 6.07 Å². The first-order valence-corrected chi connectivity index (χ1v) is 13.1. The lowest BCUT2D eigenvalue weighted by atomic mass is 9.58. The number of carbonyl (C=O) groups excluding carboxylic acids is 3. The summed E-state index contributed by atoms with van der Waals surface area (Å²) in [7, 11) is 3.18. The Morgan fingerprint density at radius 1 is 1.10 bits per heavy atom. The maximum atomic E-state index is 13.9. The number of hydrogen-bond acceptors (Lipinski definition) is 9. The molecule has 0 spiro atoms. The predicted molar refractivity (Wildman–Crippen MR) is 146 cm³/mol. The Bertz CT molecular complexity index is 1690. The second-order valence-electron chi connectivity index (χ2n) is 10.9. The molecule has 210 valence electrons. The molecular weight excluding hydrogens is 528 g/mol. The van der Waals surface area contributed by atoms with Gasteiger partial charge in [0.05, 0.1) is 11.6 Å². The molecule has 2 aromatic heterocycles. The number of aromatic nitrogens is 2. The molecule has 0 radical (unpaired) electrons. The Labute approximate surface area is 234 Å². The van der Waals surface area contributed by atoms with Gasteiger partial charge in [-0.3, -0.25) is 19.3 Å². The zero-order chi connectivity index (χ0) is 29.4. The number of rotatable bonds is 4. The van der Waals surface area contributed by atoms with Crippen molar-refractivity contribution in [2.75, 3.05) is 14.1 Å². The number of aromatic hydroxyl groups is 1. The van der Waals surface area contributed by atoms with Crippen molar-refractivity contribution in [3.05, 3.63) is 88.8 Å². The van der Waals surface area contributed by atoms with Crippen molar-refractivity contribution in [3.8, 4) is 22.7 Å². The summed E-state index contributed by atoms with van der Waals surface area (Å²) in [6, 6.07) is 9.49. The number of likely N-dealkylation sites (N-methyl/N-ethyl adjacent to an activating group) is 1. The van der Waals surface area contributed by atoms with E-state index in [-0.39, 0.29) is 29.7 Å². The largest absolute Gasteiger partial charge is 0.510 e. The van der Waals surface area contributed by atoms with Gasteiger partial charge in [0.15, 0.2) is 11.4 Å². The van der Waals surface area contributed by atoms with Gasteiger partial charge in [0, 0.05) is 35.6 Å². The quantitative estimate of drug-likeness (QED) is 0.300. The second-order valence-corrected chi connectivity index (χ2v) is 10.9. The number of nitrogens with zero attached hydrogens (tertiary/aromatic N) is 3. The van der Waals surface area contributed by atoms with E-state index in [1.54, 1.807) is 26.4 Å². The van der Waals surface area contributed by atoms with Crippen LogP contribution in [0.1, 0.15) is 22.3 Å². The molecule has 2 heterocycles. The smallest absolute Gasteiger partial charge is 0.255 e. The number of primary amides is 1. The number of hydrogen-bond donors (Lipinski definition) is 5. The molecule has 0 saturated carbocycles. The van der Waals surface area contributed by atoms with E-state index in [1.165, 1.54) is 11.0 Å². The molecule has 0 fully saturated rings. The van der Waals surface area contributed by atoms with Crippen LogP contribution in [0, 0.1) is 11.8 Å². The Morgan fingerprint density at radius 2 is 1.80 bits per heavy atom. The van der Waals surface area contributed by atoms with Crippen LogP contribution < -0.4 is 5.73 Å². The number of phenolic OH excluding ortho intramolecular Hbond substituents is 1. The van der Waals surface area contributed by atoms with Crippen LogP contribution in [0.15, 0.2) is 77.7 Å². The van der Waals surface area contributed by atoms with Gasteiger partial charge in [0.2, 0.25) is 5.78 Å². The average molecular weight is 557 g/mol. The number of aliphatic hydroxyl groups excluding tert-OH is 2. The van der Waals surface area contributed by atoms with Crippen LogP contribution >= 0.6 is 0 Å². The molecule has 11 heteroatoms. The lowest BCUT2D eigenvalue weighted by Gasteiger charge is -2.50. The van der Waals surface area contributed by atoms with E-state index in [9.17, 15) is 34.8 Å². The number of Topliss-reactive ketones (excluding diaryl/α,β-unsaturated/α-hetero) is 2. The maximum Gasteiger partial charge on any atom is 0.255 e. The second kappa shape index (κ2) is 9.15. The lowest BCUT2D eigenvalue weighted by molar-refractivity contribution is -0.148. The molecular formula is C30H28N4O7. The van der Waals surface area contributed by atoms with Crippen LogP contribution in [-0.2, 0) is 16.0 Å². The summed E-state index contributed by atoms with van der Waals surface area (Å²) in [6.07, 6.45) is 5.61. The summed E-state index contributed by atoms with van der Waals surface area (Å²) in [6.45, 7) is 0. The SMILES string of the molecule is CN(C)[C@@H]1C(O)=C(C(N)=O)C(=O)[C@@]2(O)C(O)=C3C(=O)c4c(O)ccc(-c5ccc(-n6cccc6)nc5)c4C[C@H]3C[C@@H]12. The molecule has 41 heavy (non-hydrogen) atoms. The molecule has 3 aliphatic carbocycles. The van der Waals surface area contributed by atoms with Gasteiger partial charge in [-0.15, -0.1) is 0 Å². The number of allylic oxidation sites excluding steroid dienone is 1. The Kier molecular flexibility index (Phi) is 5.91. The van der Waals surface area contributed by atoms with Crippen molar-refractivity contribution in [1.82, 2.24) is 14.5 Å². The molecule has 3 aliphatic rings. The first-order valence-electron chi connectivity index (χ1n) is 13.1. The highest BCUT2D eigenvalue weighted by Crippen LogP contribution is 2.53. The molecule has 0 bridgehead atoms. The van der Waals surface area contributed by atoms with E-state index in [0.717, 1.165) is 0 Å². The minimum absolute atomic E-state index is 0.0195. The number of benzene rings is 1. The van der Waals surface area contributed by atoms with Gasteiger partial charge < -0.3 is 30.7 Å². The van der Waals surface area contributed by atoms with E-state index in [1.807, 2.05) is 41.2 Å². The van der Waals surface area contributed by atoms with Crippen LogP contribution in [0.4, 0.5) is 0 Å². The minimum Gasteiger partial charge on any atom is -0.510 e. The first-order chi connectivity index (χ1) is 19.5. The third-order valence-electron chi connectivity index (χ3n) is 8.53. The number of carbonyl (C=O) groups is 3. The maximum absolute atomic E-state index is 13.9. The molecule has 6 N–H and O–H groups in total. The van der Waals surface area contributed by atoms with E-state index in [4.69, 9.17) is 5.73 Å². The van der Waals surface area contributed by atoms with Gasteiger partial charge in [0.1, 0.15) is 28.7 Å². The van der Waals surface area contributed by atoms with Crippen molar-refractivity contribution in [2.45, 2.75) is 24.5 Å². The highest BCUT2D eigenvalue weighted by molar-refractivity contribution is 6.24. The molecule has 0 aliphatic heterocycles. The van der Waals surface area contributed by atoms with Crippen molar-refractivity contribution in [3.63, 3.8) is 0 Å². The van der Waals surface area contributed by atoms with Gasteiger partial charge in [0.25, 0.3) is 5.91 Å². The summed E-state index contributed by atoms with van der Waals surface area (Å²) in [5.41, 5.74) is 3.55. The fourth-order valence-electron chi connectivity index (χ4n) is 6.71. The average Bonchev–Trinajstić information content (AvgIpc) is 3.46. The van der Waals surface area contributed by atoms with E-state index in [2.05, 4.69) is 4.98 Å². The van der Waals surface area contributed by atoms with Gasteiger partial charge in [-0.2, -0.15) is 0 Å². The Hall–Kier alpha value is -4.74. The highest BCUT2D eigenvalue weighted by Gasteiger charge is 2.63. The van der Waals surface area contributed by atoms with Crippen LogP contribution in [0.2, 0.25) is 0 Å². The zero-order valence-corrected chi connectivity index (χ0v) is 22.3. The van der Waals surface area contributed by atoms with Crippen molar-refractivity contribution < 1.29 is 34.8 Å². The van der Waals surface area contributed by atoms with E-state index < -0.39 is 58.0 Å². The number of aliphatic hydroxyl groups is 3. The summed E-state index contributed by atoms with van der Waals surface area (Å²) in [4.78, 5) is 45.5. The van der Waals surface area contributed by atoms with Crippen LogP contribution in [-0.4, -0.2) is 78.1 Å². The third-order valence-corrected chi connectivity index (χ3v) is 8.53. The van der Waals surface area contributed by atoms with Crippen molar-refractivity contribution in [1.29, 1.82) is 0 Å². The Balaban J connectivity index is 1.49. The van der Waals surface area contributed by atoms with Gasteiger partial charge in [-0.05, 0) is 74.3 Å². The first kappa shape index (κ1) is 26.5. The molecule has 6 rings (SSSR count). The summed E-state index contributed by atoms with van der Waals surface area (Å²) >= 11 is 0. The number of nitrogens with two attached hydrogens (primary N) is 1. The predicted octanol–water partition coefficient (Wildman–Crippen LogP) is 1.97. The number of ketones is 2. The monoisotopic (exact) mass is 556 g/mol. The third kappa shape index (κ3) is 3.66. The molecule has 3 aromatic rings. The highest BCUT2D eigenvalue weighted by atomic mass is 16.3. The van der Waals surface area contributed by atoms with E-state index in [0.29, 0.717) is 22.5 Å². The molecule has 1 aromatic carbocycles. The van der Waals surface area contributed by atoms with Crippen LogP contribution in [0.25, 0.3) is 16.9 Å². The fourth-order valence-corrected chi connectivity index (χ4v) is 6.71. The van der Waals surface area contributed by atoms with Crippen LogP contribution in [0.3, 0.4) is 0 Å².